The summed E-state index contributed by atoms with van der Waals surface area (Å²) < 4.78 is 26.8. The van der Waals surface area contributed by atoms with E-state index in [-0.39, 0.29) is 23.2 Å². The average Bonchev–Trinajstić information content (AvgIpc) is 2.61. The molecule has 150 valence electrons. The Morgan fingerprint density at radius 2 is 1.61 bits per heavy atom. The van der Waals surface area contributed by atoms with Crippen molar-refractivity contribution in [3.05, 3.63) is 47.2 Å². The summed E-state index contributed by atoms with van der Waals surface area (Å²) in [6.45, 7) is 9.23. The molecule has 0 aliphatic carbocycles. The highest BCUT2D eigenvalue weighted by Crippen LogP contribution is 2.32. The first kappa shape index (κ1) is 21.5. The zero-order chi connectivity index (χ0) is 21.1. The van der Waals surface area contributed by atoms with Gasteiger partial charge in [-0.25, -0.2) is 9.52 Å². The Hall–Kier alpha value is -2.81. The summed E-state index contributed by atoms with van der Waals surface area (Å²) in [5, 5.41) is 9.19. The van der Waals surface area contributed by atoms with Gasteiger partial charge in [-0.3, -0.25) is 4.79 Å². The largest absolute Gasteiger partial charge is 0.333 e. The maximum absolute atomic E-state index is 12.5. The number of urea groups is 1. The number of nitrogens with one attached hydrogen (secondary N) is 2. The number of para-hydroxylation sites is 1. The van der Waals surface area contributed by atoms with Crippen molar-refractivity contribution >= 4 is 27.5 Å². The molecule has 9 heteroatoms. The third-order valence-electron chi connectivity index (χ3n) is 4.15. The second-order valence-electron chi connectivity index (χ2n) is 7.02. The first-order chi connectivity index (χ1) is 13.0. The molecule has 1 aromatic heterocycles. The zero-order valence-corrected chi connectivity index (χ0v) is 17.3. The molecule has 28 heavy (non-hydrogen) atoms. The van der Waals surface area contributed by atoms with Crippen LogP contribution >= 0.6 is 0 Å². The van der Waals surface area contributed by atoms with Gasteiger partial charge in [0.05, 0.1) is 6.20 Å². The SMILES string of the molecule is CC(=O)c1cnnc(S(=O)(=O)NC(=O)Nc2c(C(C)C)cccc2C(C)C)c1. The van der Waals surface area contributed by atoms with E-state index in [0.29, 0.717) is 5.69 Å². The molecule has 1 aromatic carbocycles. The molecule has 1 heterocycles. The number of nitrogens with zero attached hydrogens (tertiary/aromatic N) is 2. The second-order valence-corrected chi connectivity index (χ2v) is 8.65. The monoisotopic (exact) mass is 404 g/mol. The highest BCUT2D eigenvalue weighted by Gasteiger charge is 2.23. The number of sulfonamides is 1. The highest BCUT2D eigenvalue weighted by molar-refractivity contribution is 7.90. The standard InChI is InChI=1S/C19H24N4O4S/c1-11(2)15-7-6-8-16(12(3)4)18(15)21-19(25)23-28(26,27)17-9-14(13(5)24)10-20-22-17/h6-12H,1-5H3,(H2,21,23,25). The quantitative estimate of drug-likeness (QED) is 0.712. The molecule has 0 bridgehead atoms. The van der Waals surface area contributed by atoms with Gasteiger partial charge in [-0.05, 0) is 36.0 Å². The molecular formula is C19H24N4O4S. The molecule has 0 aliphatic heterocycles. The Morgan fingerprint density at radius 3 is 2.11 bits per heavy atom. The fourth-order valence-electron chi connectivity index (χ4n) is 2.68. The van der Waals surface area contributed by atoms with Crippen LogP contribution in [0.1, 0.15) is 67.9 Å². The van der Waals surface area contributed by atoms with Crippen molar-refractivity contribution in [1.29, 1.82) is 0 Å². The molecule has 0 radical (unpaired) electrons. The summed E-state index contributed by atoms with van der Waals surface area (Å²) >= 11 is 0. The van der Waals surface area contributed by atoms with Crippen LogP contribution in [0.5, 0.6) is 0 Å². The molecule has 2 N–H and O–H groups in total. The average molecular weight is 404 g/mol. The summed E-state index contributed by atoms with van der Waals surface area (Å²) in [6.07, 6.45) is 1.16. The molecule has 2 aromatic rings. The number of aromatic nitrogens is 2. The van der Waals surface area contributed by atoms with Crippen molar-refractivity contribution < 1.29 is 18.0 Å². The van der Waals surface area contributed by atoms with Crippen molar-refractivity contribution in [1.82, 2.24) is 14.9 Å². The molecule has 2 rings (SSSR count). The van der Waals surface area contributed by atoms with Crippen molar-refractivity contribution in [2.24, 2.45) is 0 Å². The van der Waals surface area contributed by atoms with Gasteiger partial charge in [0.15, 0.2) is 10.8 Å². The summed E-state index contributed by atoms with van der Waals surface area (Å²) in [5.74, 6) is -0.101. The number of carbonyl (C=O) groups excluding carboxylic acids is 2. The first-order valence-corrected chi connectivity index (χ1v) is 10.3. The van der Waals surface area contributed by atoms with Gasteiger partial charge >= 0.3 is 6.03 Å². The fraction of sp³-hybridized carbons (Fsp3) is 0.368. The maximum Gasteiger partial charge on any atom is 0.333 e. The van der Waals surface area contributed by atoms with Crippen LogP contribution in [0.4, 0.5) is 10.5 Å². The van der Waals surface area contributed by atoms with E-state index in [4.69, 9.17) is 0 Å². The molecular weight excluding hydrogens is 380 g/mol. The van der Waals surface area contributed by atoms with Crippen LogP contribution in [-0.4, -0.2) is 30.4 Å². The number of amides is 2. The molecule has 0 saturated carbocycles. The van der Waals surface area contributed by atoms with E-state index < -0.39 is 21.1 Å². The summed E-state index contributed by atoms with van der Waals surface area (Å²) in [5.41, 5.74) is 2.47. The second kappa shape index (κ2) is 8.47. The van der Waals surface area contributed by atoms with Gasteiger partial charge in [-0.1, -0.05) is 45.9 Å². The van der Waals surface area contributed by atoms with Crippen LogP contribution in [0.25, 0.3) is 0 Å². The van der Waals surface area contributed by atoms with Gasteiger partial charge in [0.2, 0.25) is 0 Å². The molecule has 0 aliphatic rings. The van der Waals surface area contributed by atoms with E-state index >= 15 is 0 Å². The van der Waals surface area contributed by atoms with Gasteiger partial charge in [0.1, 0.15) is 0 Å². The smallest absolute Gasteiger partial charge is 0.307 e. The molecule has 8 nitrogen and oxygen atoms in total. The minimum Gasteiger partial charge on any atom is -0.307 e. The number of hydrogen-bond donors (Lipinski definition) is 2. The van der Waals surface area contributed by atoms with E-state index in [1.54, 1.807) is 0 Å². The molecule has 0 atom stereocenters. The van der Waals surface area contributed by atoms with Gasteiger partial charge in [0.25, 0.3) is 10.0 Å². The van der Waals surface area contributed by atoms with Crippen LogP contribution in [0.3, 0.4) is 0 Å². The predicted molar refractivity (Wildman–Crippen MR) is 106 cm³/mol. The zero-order valence-electron chi connectivity index (χ0n) is 16.5. The van der Waals surface area contributed by atoms with Crippen molar-refractivity contribution in [3.63, 3.8) is 0 Å². The van der Waals surface area contributed by atoms with Crippen LogP contribution in [0.2, 0.25) is 0 Å². The Labute approximate surface area is 164 Å². The normalized spacial score (nSPS) is 11.5. The lowest BCUT2D eigenvalue weighted by Gasteiger charge is -2.20. The van der Waals surface area contributed by atoms with E-state index in [0.717, 1.165) is 23.4 Å². The Kier molecular flexibility index (Phi) is 6.50. The predicted octanol–water partition coefficient (Wildman–Crippen LogP) is 3.44. The van der Waals surface area contributed by atoms with Crippen molar-refractivity contribution in [3.8, 4) is 0 Å². The number of carbonyl (C=O) groups is 2. The summed E-state index contributed by atoms with van der Waals surface area (Å²) in [4.78, 5) is 23.9. The minimum absolute atomic E-state index is 0.0861. The third-order valence-corrected chi connectivity index (χ3v) is 5.36. The number of benzene rings is 1. The van der Waals surface area contributed by atoms with Gasteiger partial charge < -0.3 is 5.32 Å². The summed E-state index contributed by atoms with van der Waals surface area (Å²) in [7, 11) is -4.29. The molecule has 0 spiro atoms. The summed E-state index contributed by atoms with van der Waals surface area (Å²) in [6, 6.07) is 5.86. The highest BCUT2D eigenvalue weighted by atomic mass is 32.2. The van der Waals surface area contributed by atoms with Gasteiger partial charge in [0, 0.05) is 11.3 Å². The van der Waals surface area contributed by atoms with Crippen molar-refractivity contribution in [2.75, 3.05) is 5.32 Å². The number of Topliss-reactive ketones (excluding diaryl/α,β-unsaturated/α-hetero) is 1. The topological polar surface area (TPSA) is 118 Å². The molecule has 2 amide bonds. The van der Waals surface area contributed by atoms with Crippen LogP contribution in [0, 0.1) is 0 Å². The number of ketones is 1. The lowest BCUT2D eigenvalue weighted by atomic mass is 9.93. The molecule has 0 unspecified atom stereocenters. The fourth-order valence-corrected chi connectivity index (χ4v) is 3.52. The number of anilines is 1. The molecule has 0 saturated heterocycles. The maximum atomic E-state index is 12.5. The van der Waals surface area contributed by atoms with Crippen LogP contribution < -0.4 is 10.0 Å². The lowest BCUT2D eigenvalue weighted by molar-refractivity contribution is 0.101. The van der Waals surface area contributed by atoms with Crippen molar-refractivity contribution in [2.45, 2.75) is 51.5 Å². The number of hydrogen-bond acceptors (Lipinski definition) is 6. The first-order valence-electron chi connectivity index (χ1n) is 8.83. The lowest BCUT2D eigenvalue weighted by Crippen LogP contribution is -2.35. The van der Waals surface area contributed by atoms with E-state index in [1.165, 1.54) is 6.92 Å². The van der Waals surface area contributed by atoms with Crippen LogP contribution in [-0.2, 0) is 10.0 Å². The van der Waals surface area contributed by atoms with Gasteiger partial charge in [-0.15, -0.1) is 5.10 Å². The Balaban J connectivity index is 2.32. The van der Waals surface area contributed by atoms with Gasteiger partial charge in [-0.2, -0.15) is 13.5 Å². The minimum atomic E-state index is -4.29. The van der Waals surface area contributed by atoms with E-state index in [1.807, 2.05) is 50.6 Å². The Morgan fingerprint density at radius 1 is 1.04 bits per heavy atom. The van der Waals surface area contributed by atoms with Crippen LogP contribution in [0.15, 0.2) is 35.5 Å². The molecule has 0 fully saturated rings. The van der Waals surface area contributed by atoms with E-state index in [2.05, 4.69) is 15.5 Å². The Bertz CT molecular complexity index is 974. The third kappa shape index (κ3) is 4.92. The number of rotatable bonds is 6. The van der Waals surface area contributed by atoms with E-state index in [9.17, 15) is 18.0 Å².